The topological polar surface area (TPSA) is 152 Å². The van der Waals surface area contributed by atoms with Gasteiger partial charge in [-0.2, -0.15) is 0 Å². The molecule has 0 amide bonds. The Hall–Kier alpha value is -1.82. The molecule has 0 aromatic heterocycles. The second-order valence-electron chi connectivity index (χ2n) is 16.2. The zero-order valence-electron chi connectivity index (χ0n) is 36.3. The average molecular weight is 811 g/mol. The molecule has 0 aromatic carbocycles. The first kappa shape index (κ1) is 53.2. The summed E-state index contributed by atoms with van der Waals surface area (Å²) < 4.78 is 22.1. The fourth-order valence-electron chi connectivity index (χ4n) is 7.10. The van der Waals surface area contributed by atoms with Gasteiger partial charge in [-0.15, -0.1) is 0 Å². The number of aliphatic hydroxyl groups excluding tert-OH is 4. The van der Waals surface area contributed by atoms with Crippen molar-refractivity contribution in [3.8, 4) is 0 Å². The summed E-state index contributed by atoms with van der Waals surface area (Å²) in [4.78, 5) is 25.3. The number of allylic oxidation sites excluding steroid dienone is 4. The smallest absolute Gasteiger partial charge is 0.306 e. The number of hydrogen-bond acceptors (Lipinski definition) is 10. The highest BCUT2D eigenvalue weighted by atomic mass is 16.7. The normalized spacial score (nSPS) is 20.4. The Morgan fingerprint density at radius 3 is 1.46 bits per heavy atom. The van der Waals surface area contributed by atoms with E-state index in [1.807, 2.05) is 0 Å². The van der Waals surface area contributed by atoms with Crippen LogP contribution in [0.5, 0.6) is 0 Å². The highest BCUT2D eigenvalue weighted by Gasteiger charge is 2.44. The summed E-state index contributed by atoms with van der Waals surface area (Å²) in [5.41, 5.74) is 0. The maximum Gasteiger partial charge on any atom is 0.306 e. The third kappa shape index (κ3) is 30.0. The monoisotopic (exact) mass is 811 g/mol. The third-order valence-corrected chi connectivity index (χ3v) is 10.8. The Labute approximate surface area is 347 Å². The minimum absolute atomic E-state index is 0.215. The van der Waals surface area contributed by atoms with Gasteiger partial charge in [0.25, 0.3) is 0 Å². The molecule has 1 fully saturated rings. The first-order valence-electron chi connectivity index (χ1n) is 23.4. The molecule has 0 aliphatic carbocycles. The number of ether oxygens (including phenoxy) is 4. The summed E-state index contributed by atoms with van der Waals surface area (Å²) in [6, 6.07) is 0. The van der Waals surface area contributed by atoms with Crippen LogP contribution in [0.4, 0.5) is 0 Å². The molecule has 0 radical (unpaired) electrons. The number of esters is 2. The van der Waals surface area contributed by atoms with Gasteiger partial charge in [-0.05, 0) is 44.9 Å². The number of unbranched alkanes of at least 4 members (excludes halogenated alkanes) is 24. The predicted molar refractivity (Wildman–Crippen MR) is 229 cm³/mol. The summed E-state index contributed by atoms with van der Waals surface area (Å²) >= 11 is 0. The van der Waals surface area contributed by atoms with Crippen LogP contribution in [-0.4, -0.2) is 89.0 Å². The van der Waals surface area contributed by atoms with Gasteiger partial charge in [0.2, 0.25) is 0 Å². The van der Waals surface area contributed by atoms with Crippen molar-refractivity contribution in [2.45, 2.75) is 243 Å². The largest absolute Gasteiger partial charge is 0.462 e. The lowest BCUT2D eigenvalue weighted by atomic mass is 9.99. The Morgan fingerprint density at radius 2 is 0.982 bits per heavy atom. The van der Waals surface area contributed by atoms with E-state index in [1.54, 1.807) is 0 Å². The molecule has 0 bridgehead atoms. The molecule has 1 aliphatic rings. The van der Waals surface area contributed by atoms with Crippen LogP contribution in [-0.2, 0) is 28.5 Å². The minimum Gasteiger partial charge on any atom is -0.462 e. The highest BCUT2D eigenvalue weighted by Crippen LogP contribution is 2.23. The fraction of sp³-hybridized carbons (Fsp3) is 0.872. The van der Waals surface area contributed by atoms with Crippen LogP contribution in [0.1, 0.15) is 206 Å². The first-order valence-corrected chi connectivity index (χ1v) is 23.4. The van der Waals surface area contributed by atoms with E-state index in [2.05, 4.69) is 38.2 Å². The molecule has 57 heavy (non-hydrogen) atoms. The summed E-state index contributed by atoms with van der Waals surface area (Å²) in [6.07, 6.45) is 34.8. The van der Waals surface area contributed by atoms with Crippen LogP contribution in [0, 0.1) is 0 Å². The summed E-state index contributed by atoms with van der Waals surface area (Å²) in [5, 5.41) is 40.0. The molecule has 0 saturated carbocycles. The van der Waals surface area contributed by atoms with E-state index >= 15 is 0 Å². The van der Waals surface area contributed by atoms with Crippen molar-refractivity contribution >= 4 is 11.9 Å². The van der Waals surface area contributed by atoms with Crippen molar-refractivity contribution in [1.82, 2.24) is 0 Å². The molecule has 10 nitrogen and oxygen atoms in total. The van der Waals surface area contributed by atoms with E-state index in [0.29, 0.717) is 6.42 Å². The molecular formula is C47H86O10. The van der Waals surface area contributed by atoms with E-state index in [4.69, 9.17) is 18.9 Å². The van der Waals surface area contributed by atoms with E-state index in [-0.39, 0.29) is 32.0 Å². The highest BCUT2D eigenvalue weighted by molar-refractivity contribution is 5.70. The van der Waals surface area contributed by atoms with Gasteiger partial charge in [0.1, 0.15) is 31.0 Å². The zero-order valence-corrected chi connectivity index (χ0v) is 36.3. The van der Waals surface area contributed by atoms with E-state index in [1.165, 1.54) is 128 Å². The maximum absolute atomic E-state index is 12.8. The second kappa shape index (κ2) is 38.4. The maximum atomic E-state index is 12.8. The van der Waals surface area contributed by atoms with Crippen LogP contribution in [0.15, 0.2) is 24.3 Å². The fourth-order valence-corrected chi connectivity index (χ4v) is 7.10. The van der Waals surface area contributed by atoms with Crippen molar-refractivity contribution in [2.24, 2.45) is 0 Å². The van der Waals surface area contributed by atoms with Crippen LogP contribution in [0.25, 0.3) is 0 Å². The van der Waals surface area contributed by atoms with Crippen molar-refractivity contribution in [2.75, 3.05) is 19.8 Å². The van der Waals surface area contributed by atoms with E-state index in [0.717, 1.165) is 44.9 Å². The van der Waals surface area contributed by atoms with Crippen molar-refractivity contribution < 1.29 is 49.0 Å². The van der Waals surface area contributed by atoms with Gasteiger partial charge in [0.05, 0.1) is 13.2 Å². The third-order valence-electron chi connectivity index (χ3n) is 10.8. The lowest BCUT2D eigenvalue weighted by Crippen LogP contribution is -2.59. The van der Waals surface area contributed by atoms with E-state index < -0.39 is 49.4 Å². The number of aliphatic hydroxyl groups is 4. The molecule has 6 unspecified atom stereocenters. The summed E-state index contributed by atoms with van der Waals surface area (Å²) in [5.74, 6) is -0.805. The molecular weight excluding hydrogens is 725 g/mol. The molecule has 10 heteroatoms. The van der Waals surface area contributed by atoms with Gasteiger partial charge in [0.15, 0.2) is 12.4 Å². The van der Waals surface area contributed by atoms with Gasteiger partial charge in [0, 0.05) is 12.8 Å². The van der Waals surface area contributed by atoms with Gasteiger partial charge < -0.3 is 39.4 Å². The minimum atomic E-state index is -1.59. The number of carbonyl (C=O) groups is 2. The van der Waals surface area contributed by atoms with Gasteiger partial charge in [-0.1, -0.05) is 173 Å². The number of rotatable bonds is 39. The molecule has 0 spiro atoms. The molecule has 0 aromatic rings. The Morgan fingerprint density at radius 1 is 0.544 bits per heavy atom. The standard InChI is InChI=1S/C47H86O10/c1-3-5-7-9-11-13-14-15-16-17-18-19-20-21-22-23-24-25-26-28-30-32-34-36-43(50)56-40(39-55-47-46(53)45(52)44(51)41(37-48)57-47)38-54-42(49)35-33-31-29-27-12-10-8-6-4-2/h14-15,17-18,40-41,44-48,51-53H,3-13,16,19-39H2,1-2H3/b15-14-,18-17-. The van der Waals surface area contributed by atoms with Gasteiger partial charge in [-0.25, -0.2) is 0 Å². The Kier molecular flexibility index (Phi) is 35.8. The van der Waals surface area contributed by atoms with E-state index in [9.17, 15) is 30.0 Å². The van der Waals surface area contributed by atoms with Crippen molar-refractivity contribution in [1.29, 1.82) is 0 Å². The second-order valence-corrected chi connectivity index (χ2v) is 16.2. The average Bonchev–Trinajstić information content (AvgIpc) is 3.21. The summed E-state index contributed by atoms with van der Waals surface area (Å²) in [7, 11) is 0. The molecule has 334 valence electrons. The Balaban J connectivity index is 2.23. The van der Waals surface area contributed by atoms with Gasteiger partial charge in [-0.3, -0.25) is 9.59 Å². The van der Waals surface area contributed by atoms with Crippen LogP contribution >= 0.6 is 0 Å². The lowest BCUT2D eigenvalue weighted by molar-refractivity contribution is -0.305. The van der Waals surface area contributed by atoms with Crippen LogP contribution < -0.4 is 0 Å². The quantitative estimate of drug-likeness (QED) is 0.0268. The van der Waals surface area contributed by atoms with Crippen molar-refractivity contribution in [3.63, 3.8) is 0 Å². The van der Waals surface area contributed by atoms with Crippen LogP contribution in [0.2, 0.25) is 0 Å². The zero-order chi connectivity index (χ0) is 41.6. The van der Waals surface area contributed by atoms with Crippen LogP contribution in [0.3, 0.4) is 0 Å². The molecule has 1 rings (SSSR count). The SMILES string of the molecule is CCCCCCC/C=C\C/C=C\CCCCCCCCCCCCCC(=O)OC(COC(=O)CCCCCCCCCCC)COC1OC(CO)C(O)C(O)C1O. The number of carbonyl (C=O) groups excluding carboxylic acids is 2. The molecule has 1 saturated heterocycles. The first-order chi connectivity index (χ1) is 27.8. The van der Waals surface area contributed by atoms with Crippen molar-refractivity contribution in [3.05, 3.63) is 24.3 Å². The van der Waals surface area contributed by atoms with Gasteiger partial charge >= 0.3 is 11.9 Å². The molecule has 6 atom stereocenters. The molecule has 1 aliphatic heterocycles. The molecule has 4 N–H and O–H groups in total. The predicted octanol–water partition coefficient (Wildman–Crippen LogP) is 10.1. The Bertz CT molecular complexity index is 985. The number of hydrogen-bond donors (Lipinski definition) is 4. The molecule has 1 heterocycles. The summed E-state index contributed by atoms with van der Waals surface area (Å²) in [6.45, 7) is 3.40. The lowest BCUT2D eigenvalue weighted by Gasteiger charge is -2.39.